The maximum atomic E-state index is 11.7. The molecule has 0 aliphatic heterocycles. The Kier molecular flexibility index (Phi) is 4.30. The lowest BCUT2D eigenvalue weighted by Gasteiger charge is -2.32. The van der Waals surface area contributed by atoms with Crippen molar-refractivity contribution in [3.8, 4) is 0 Å². The van der Waals surface area contributed by atoms with E-state index in [0.29, 0.717) is 12.8 Å². The molecule has 5 heteroatoms. The second-order valence-electron chi connectivity index (χ2n) is 7.00. The van der Waals surface area contributed by atoms with Gasteiger partial charge in [0.05, 0.1) is 11.0 Å². The number of ether oxygens (including phenoxy) is 2. The van der Waals surface area contributed by atoms with Crippen molar-refractivity contribution in [2.24, 2.45) is 0 Å². The summed E-state index contributed by atoms with van der Waals surface area (Å²) in [7, 11) is 0. The highest BCUT2D eigenvalue weighted by Crippen LogP contribution is 2.39. The van der Waals surface area contributed by atoms with Crippen molar-refractivity contribution in [2.45, 2.75) is 45.8 Å². The molecule has 1 aliphatic rings. The minimum atomic E-state index is -0.604. The van der Waals surface area contributed by atoms with Gasteiger partial charge in [-0.1, -0.05) is 30.3 Å². The largest absolute Gasteiger partial charge is 0.458 e. The van der Waals surface area contributed by atoms with Crippen LogP contribution in [-0.4, -0.2) is 23.0 Å². The summed E-state index contributed by atoms with van der Waals surface area (Å²) in [5, 5.41) is 2.23. The van der Waals surface area contributed by atoms with E-state index in [-0.39, 0.29) is 5.97 Å². The molecule has 1 aromatic heterocycles. The molecule has 2 aromatic carbocycles. The molecule has 0 N–H and O–H groups in total. The lowest BCUT2D eigenvalue weighted by atomic mass is 9.84. The number of esters is 2. The van der Waals surface area contributed by atoms with Gasteiger partial charge in [0, 0.05) is 30.2 Å². The van der Waals surface area contributed by atoms with Crippen molar-refractivity contribution in [3.05, 3.63) is 53.1 Å². The van der Waals surface area contributed by atoms with Crippen LogP contribution in [0.5, 0.6) is 0 Å². The van der Waals surface area contributed by atoms with E-state index in [1.807, 2.05) is 30.3 Å². The minimum Gasteiger partial charge on any atom is -0.458 e. The summed E-state index contributed by atoms with van der Waals surface area (Å²) in [6, 6.07) is 12.1. The van der Waals surface area contributed by atoms with Crippen LogP contribution in [0.1, 0.15) is 43.1 Å². The fourth-order valence-electron chi connectivity index (χ4n) is 4.06. The Morgan fingerprint density at radius 1 is 1.00 bits per heavy atom. The number of fused-ring (bicyclic) bond motifs is 4. The molecule has 0 spiro atoms. The molecule has 4 rings (SSSR count). The predicted octanol–water partition coefficient (Wildman–Crippen LogP) is 4.18. The van der Waals surface area contributed by atoms with Crippen molar-refractivity contribution >= 4 is 33.7 Å². The Morgan fingerprint density at radius 2 is 1.74 bits per heavy atom. The summed E-state index contributed by atoms with van der Waals surface area (Å²) in [4.78, 5) is 28.1. The smallest absolute Gasteiger partial charge is 0.303 e. The zero-order valence-corrected chi connectivity index (χ0v) is 15.6. The third-order valence-corrected chi connectivity index (χ3v) is 5.20. The van der Waals surface area contributed by atoms with E-state index in [9.17, 15) is 9.59 Å². The molecule has 5 nitrogen and oxygen atoms in total. The molecule has 1 aliphatic carbocycles. The average Bonchev–Trinajstić information content (AvgIpc) is 2.63. The van der Waals surface area contributed by atoms with Crippen molar-refractivity contribution in [1.82, 2.24) is 4.98 Å². The Hall–Kier alpha value is -2.95. The summed E-state index contributed by atoms with van der Waals surface area (Å²) in [5.41, 5.74) is 5.00. The number of nitrogens with zero attached hydrogens (tertiary/aromatic N) is 1. The molecular weight excluding hydrogens is 342 g/mol. The van der Waals surface area contributed by atoms with Crippen molar-refractivity contribution in [3.63, 3.8) is 0 Å². The quantitative estimate of drug-likeness (QED) is 0.505. The first-order chi connectivity index (χ1) is 13.0. The van der Waals surface area contributed by atoms with Crippen LogP contribution in [0, 0.1) is 6.92 Å². The van der Waals surface area contributed by atoms with Crippen LogP contribution in [0.25, 0.3) is 21.8 Å². The Morgan fingerprint density at radius 3 is 2.48 bits per heavy atom. The van der Waals surface area contributed by atoms with Crippen LogP contribution in [0.15, 0.2) is 36.4 Å². The number of aromatic nitrogens is 1. The summed E-state index contributed by atoms with van der Waals surface area (Å²) in [6.45, 7) is 4.85. The molecule has 0 fully saturated rings. The summed E-state index contributed by atoms with van der Waals surface area (Å²) in [5.74, 6) is -0.769. The number of pyridine rings is 1. The standard InChI is InChI=1S/C22H21NO4/c1-12-15-6-4-5-7-19(15)23-21-16(12)8-9-18-17(21)10-11-20(26-13(2)24)22(18)27-14(3)25/h4-9,20,22H,10-11H2,1-3H3/t20-,22-/m1/s1. The second-order valence-corrected chi connectivity index (χ2v) is 7.00. The van der Waals surface area contributed by atoms with Crippen LogP contribution < -0.4 is 0 Å². The zero-order valence-electron chi connectivity index (χ0n) is 15.6. The van der Waals surface area contributed by atoms with Gasteiger partial charge >= 0.3 is 11.9 Å². The highest BCUT2D eigenvalue weighted by atomic mass is 16.6. The second kappa shape index (κ2) is 6.65. The number of hydrogen-bond acceptors (Lipinski definition) is 5. The Bertz CT molecular complexity index is 1070. The van der Waals surface area contributed by atoms with Crippen LogP contribution in [-0.2, 0) is 25.5 Å². The molecule has 0 radical (unpaired) electrons. The topological polar surface area (TPSA) is 65.5 Å². The highest BCUT2D eigenvalue weighted by molar-refractivity contribution is 5.98. The SMILES string of the molecule is CC(=O)O[C@@H]1c2ccc3c(C)c4ccccc4nc3c2CC[C@H]1OC(C)=O. The van der Waals surface area contributed by atoms with E-state index in [1.54, 1.807) is 0 Å². The lowest BCUT2D eigenvalue weighted by molar-refractivity contribution is -0.167. The van der Waals surface area contributed by atoms with Gasteiger partial charge in [0.2, 0.25) is 0 Å². The lowest BCUT2D eigenvalue weighted by Crippen LogP contribution is -2.32. The molecule has 2 atom stereocenters. The first-order valence-corrected chi connectivity index (χ1v) is 9.11. The third kappa shape index (κ3) is 3.03. The number of hydrogen-bond donors (Lipinski definition) is 0. The predicted molar refractivity (Wildman–Crippen MR) is 102 cm³/mol. The normalized spacial score (nSPS) is 18.9. The molecule has 27 heavy (non-hydrogen) atoms. The van der Waals surface area contributed by atoms with Gasteiger partial charge in [-0.15, -0.1) is 0 Å². The molecular formula is C22H21NO4. The first kappa shape index (κ1) is 17.5. The van der Waals surface area contributed by atoms with Crippen LogP contribution in [0.2, 0.25) is 0 Å². The number of rotatable bonds is 2. The van der Waals surface area contributed by atoms with E-state index in [4.69, 9.17) is 14.5 Å². The van der Waals surface area contributed by atoms with Gasteiger partial charge in [0.15, 0.2) is 6.10 Å². The highest BCUT2D eigenvalue weighted by Gasteiger charge is 2.35. The van der Waals surface area contributed by atoms with Gasteiger partial charge < -0.3 is 9.47 Å². The van der Waals surface area contributed by atoms with E-state index in [2.05, 4.69) is 13.0 Å². The van der Waals surface area contributed by atoms with E-state index >= 15 is 0 Å². The van der Waals surface area contributed by atoms with Crippen LogP contribution >= 0.6 is 0 Å². The first-order valence-electron chi connectivity index (χ1n) is 9.11. The minimum absolute atomic E-state index is 0.374. The van der Waals surface area contributed by atoms with Crippen LogP contribution in [0.3, 0.4) is 0 Å². The zero-order chi connectivity index (χ0) is 19.1. The molecule has 0 saturated carbocycles. The number of para-hydroxylation sites is 1. The van der Waals surface area contributed by atoms with Gasteiger partial charge in [-0.05, 0) is 37.0 Å². The van der Waals surface area contributed by atoms with Gasteiger partial charge in [0.25, 0.3) is 0 Å². The molecule has 3 aromatic rings. The van der Waals surface area contributed by atoms with Crippen LogP contribution in [0.4, 0.5) is 0 Å². The van der Waals surface area contributed by atoms with E-state index in [1.165, 1.54) is 19.4 Å². The number of aryl methyl sites for hydroxylation is 2. The van der Waals surface area contributed by atoms with Gasteiger partial charge in [0.1, 0.15) is 6.10 Å². The molecule has 0 unspecified atom stereocenters. The maximum Gasteiger partial charge on any atom is 0.303 e. The summed E-state index contributed by atoms with van der Waals surface area (Å²) < 4.78 is 11.0. The van der Waals surface area contributed by atoms with Gasteiger partial charge in [-0.3, -0.25) is 9.59 Å². The Labute approximate surface area is 157 Å². The molecule has 138 valence electrons. The van der Waals surface area contributed by atoms with E-state index < -0.39 is 18.2 Å². The van der Waals surface area contributed by atoms with Crippen molar-refractivity contribution in [2.75, 3.05) is 0 Å². The Balaban J connectivity index is 1.92. The molecule has 0 bridgehead atoms. The van der Waals surface area contributed by atoms with Gasteiger partial charge in [-0.2, -0.15) is 0 Å². The van der Waals surface area contributed by atoms with E-state index in [0.717, 1.165) is 32.9 Å². The molecule has 0 saturated heterocycles. The number of benzene rings is 2. The molecule has 1 heterocycles. The summed E-state index contributed by atoms with van der Waals surface area (Å²) >= 11 is 0. The molecule has 0 amide bonds. The average molecular weight is 363 g/mol. The van der Waals surface area contributed by atoms with Gasteiger partial charge in [-0.25, -0.2) is 4.98 Å². The maximum absolute atomic E-state index is 11.7. The van der Waals surface area contributed by atoms with Crippen molar-refractivity contribution in [1.29, 1.82) is 0 Å². The number of carbonyl (C=O) groups is 2. The third-order valence-electron chi connectivity index (χ3n) is 5.20. The summed E-state index contributed by atoms with van der Waals surface area (Å²) in [6.07, 6.45) is 0.232. The fourth-order valence-corrected chi connectivity index (χ4v) is 4.06. The monoisotopic (exact) mass is 363 g/mol. The van der Waals surface area contributed by atoms with Crippen molar-refractivity contribution < 1.29 is 19.1 Å². The fraction of sp³-hybridized carbons (Fsp3) is 0.318. The number of carbonyl (C=O) groups excluding carboxylic acids is 2.